The van der Waals surface area contributed by atoms with Gasteiger partial charge in [0.1, 0.15) is 17.1 Å². The number of carbonyl (C=O) groups excluding carboxylic acids is 1. The van der Waals surface area contributed by atoms with Gasteiger partial charge in [-0.15, -0.1) is 0 Å². The number of hydrogen-bond acceptors (Lipinski definition) is 4. The van der Waals surface area contributed by atoms with E-state index in [0.717, 1.165) is 22.5 Å². The van der Waals surface area contributed by atoms with Crippen LogP contribution in [0.1, 0.15) is 27.6 Å². The fourth-order valence-electron chi connectivity index (χ4n) is 2.12. The van der Waals surface area contributed by atoms with E-state index in [-0.39, 0.29) is 5.76 Å². The lowest BCUT2D eigenvalue weighted by atomic mass is 10.2. The number of rotatable bonds is 3. The fourth-order valence-corrected chi connectivity index (χ4v) is 2.30. The number of fused-ring (bicyclic) bond motifs is 1. The van der Waals surface area contributed by atoms with Crippen LogP contribution in [0.15, 0.2) is 44.3 Å². The summed E-state index contributed by atoms with van der Waals surface area (Å²) in [4.78, 5) is 12.0. The maximum absolute atomic E-state index is 12.0. The lowest BCUT2D eigenvalue weighted by molar-refractivity contribution is 0.0929. The molecule has 0 saturated carbocycles. The Balaban J connectivity index is 1.74. The van der Waals surface area contributed by atoms with Crippen molar-refractivity contribution in [1.82, 2.24) is 5.43 Å². The van der Waals surface area contributed by atoms with E-state index in [4.69, 9.17) is 20.4 Å². The number of hydrogen-bond donors (Lipinski definition) is 1. The number of benzene rings is 1. The summed E-state index contributed by atoms with van der Waals surface area (Å²) >= 11 is 5.90. The highest BCUT2D eigenvalue weighted by molar-refractivity contribution is 6.31. The second kappa shape index (κ2) is 5.69. The van der Waals surface area contributed by atoms with Gasteiger partial charge < -0.3 is 8.83 Å². The number of nitrogens with one attached hydrogen (secondary N) is 1. The summed E-state index contributed by atoms with van der Waals surface area (Å²) < 4.78 is 10.8. The van der Waals surface area contributed by atoms with Crippen LogP contribution < -0.4 is 5.43 Å². The van der Waals surface area contributed by atoms with Crippen LogP contribution in [0.3, 0.4) is 0 Å². The lowest BCUT2D eigenvalue weighted by Crippen LogP contribution is -2.16. The van der Waals surface area contributed by atoms with Gasteiger partial charge in [-0.25, -0.2) is 5.43 Å². The molecule has 1 aromatic carbocycles. The average molecular weight is 317 g/mol. The number of amides is 1. The Hall–Kier alpha value is -2.53. The van der Waals surface area contributed by atoms with Gasteiger partial charge in [-0.2, -0.15) is 5.10 Å². The number of halogens is 1. The molecule has 22 heavy (non-hydrogen) atoms. The molecule has 0 aliphatic heterocycles. The molecule has 5 nitrogen and oxygen atoms in total. The van der Waals surface area contributed by atoms with Crippen molar-refractivity contribution in [3.63, 3.8) is 0 Å². The van der Waals surface area contributed by atoms with Crippen molar-refractivity contribution in [3.8, 4) is 0 Å². The van der Waals surface area contributed by atoms with Crippen LogP contribution in [0.4, 0.5) is 0 Å². The van der Waals surface area contributed by atoms with Crippen LogP contribution in [0, 0.1) is 13.8 Å². The molecule has 0 saturated heterocycles. The summed E-state index contributed by atoms with van der Waals surface area (Å²) in [5, 5.41) is 5.26. The van der Waals surface area contributed by atoms with E-state index in [2.05, 4.69) is 10.5 Å². The van der Waals surface area contributed by atoms with Gasteiger partial charge in [0.15, 0.2) is 5.76 Å². The van der Waals surface area contributed by atoms with E-state index in [1.165, 1.54) is 6.21 Å². The van der Waals surface area contributed by atoms with Gasteiger partial charge in [-0.3, -0.25) is 4.79 Å². The van der Waals surface area contributed by atoms with E-state index in [1.54, 1.807) is 24.3 Å². The molecule has 0 bridgehead atoms. The van der Waals surface area contributed by atoms with Crippen LogP contribution in [-0.4, -0.2) is 12.1 Å². The summed E-state index contributed by atoms with van der Waals surface area (Å²) in [6, 6.07) is 8.62. The minimum Gasteiger partial charge on any atom is -0.466 e. The monoisotopic (exact) mass is 316 g/mol. The Morgan fingerprint density at radius 2 is 2.05 bits per heavy atom. The summed E-state index contributed by atoms with van der Waals surface area (Å²) in [5.41, 5.74) is 3.83. The van der Waals surface area contributed by atoms with Crippen molar-refractivity contribution < 1.29 is 13.6 Å². The highest BCUT2D eigenvalue weighted by atomic mass is 35.5. The molecule has 3 rings (SSSR count). The summed E-state index contributed by atoms with van der Waals surface area (Å²) in [6.07, 6.45) is 1.53. The van der Waals surface area contributed by atoms with Gasteiger partial charge in [0, 0.05) is 16.0 Å². The lowest BCUT2D eigenvalue weighted by Gasteiger charge is -1.94. The van der Waals surface area contributed by atoms with Gasteiger partial charge in [0.25, 0.3) is 0 Å². The van der Waals surface area contributed by atoms with Gasteiger partial charge in [-0.05, 0) is 44.2 Å². The first-order valence-corrected chi connectivity index (χ1v) is 7.00. The number of furan rings is 2. The van der Waals surface area contributed by atoms with Gasteiger partial charge in [-0.1, -0.05) is 11.6 Å². The smallest absolute Gasteiger partial charge is 0.307 e. The molecule has 0 aliphatic rings. The molecule has 2 aromatic heterocycles. The van der Waals surface area contributed by atoms with E-state index >= 15 is 0 Å². The Bertz CT molecular complexity index is 877. The summed E-state index contributed by atoms with van der Waals surface area (Å²) in [5.74, 6) is 1.28. The second-order valence-electron chi connectivity index (χ2n) is 4.86. The van der Waals surface area contributed by atoms with Crippen LogP contribution in [0.5, 0.6) is 0 Å². The second-order valence-corrected chi connectivity index (χ2v) is 5.30. The third kappa shape index (κ3) is 2.89. The summed E-state index contributed by atoms with van der Waals surface area (Å²) in [6.45, 7) is 3.68. The predicted octanol–water partition coefficient (Wildman–Crippen LogP) is 4.06. The van der Waals surface area contributed by atoms with E-state index in [0.29, 0.717) is 10.6 Å². The Morgan fingerprint density at radius 1 is 1.23 bits per heavy atom. The number of hydrazone groups is 1. The fraction of sp³-hybridized carbons (Fsp3) is 0.125. The Labute approximate surface area is 131 Å². The zero-order valence-electron chi connectivity index (χ0n) is 12.0. The molecule has 112 valence electrons. The first-order chi connectivity index (χ1) is 10.5. The van der Waals surface area contributed by atoms with Crippen molar-refractivity contribution >= 4 is 34.7 Å². The molecule has 0 fully saturated rings. The van der Waals surface area contributed by atoms with Crippen LogP contribution in [-0.2, 0) is 0 Å². The van der Waals surface area contributed by atoms with Gasteiger partial charge >= 0.3 is 5.91 Å². The molecular formula is C16H13ClN2O3. The minimum absolute atomic E-state index is 0.175. The normalized spacial score (nSPS) is 11.4. The van der Waals surface area contributed by atoms with Gasteiger partial charge in [0.2, 0.25) is 0 Å². The molecule has 1 amide bonds. The first-order valence-electron chi connectivity index (χ1n) is 6.62. The molecule has 0 atom stereocenters. The molecule has 2 heterocycles. The standard InChI is InChI=1S/C16H13ClN2O3/c1-9-5-12(10(2)21-9)8-18-19-16(20)15-7-11-6-13(17)3-4-14(11)22-15/h3-8H,1-2H3,(H,19,20)/b18-8+. The highest BCUT2D eigenvalue weighted by Gasteiger charge is 2.11. The van der Waals surface area contributed by atoms with Crippen LogP contribution in [0.2, 0.25) is 5.02 Å². The van der Waals surface area contributed by atoms with Crippen molar-refractivity contribution in [1.29, 1.82) is 0 Å². The first kappa shape index (κ1) is 14.4. The third-order valence-electron chi connectivity index (χ3n) is 3.15. The number of carbonyl (C=O) groups is 1. The third-order valence-corrected chi connectivity index (χ3v) is 3.39. The molecule has 0 spiro atoms. The molecule has 0 aliphatic carbocycles. The van der Waals surface area contributed by atoms with Gasteiger partial charge in [0.05, 0.1) is 6.21 Å². The van der Waals surface area contributed by atoms with Crippen molar-refractivity contribution in [3.05, 3.63) is 58.2 Å². The number of nitrogens with zero attached hydrogens (tertiary/aromatic N) is 1. The molecular weight excluding hydrogens is 304 g/mol. The Morgan fingerprint density at radius 3 is 2.77 bits per heavy atom. The van der Waals surface area contributed by atoms with E-state index < -0.39 is 5.91 Å². The molecule has 0 radical (unpaired) electrons. The SMILES string of the molecule is Cc1cc(/C=N/NC(=O)c2cc3cc(Cl)ccc3o2)c(C)o1. The average Bonchev–Trinajstić information content (AvgIpc) is 3.01. The minimum atomic E-state index is -0.429. The van der Waals surface area contributed by atoms with Crippen molar-refractivity contribution in [2.24, 2.45) is 5.10 Å². The molecule has 6 heteroatoms. The maximum Gasteiger partial charge on any atom is 0.307 e. The highest BCUT2D eigenvalue weighted by Crippen LogP contribution is 2.22. The zero-order valence-corrected chi connectivity index (χ0v) is 12.8. The number of aryl methyl sites for hydroxylation is 2. The quantitative estimate of drug-likeness (QED) is 0.585. The van der Waals surface area contributed by atoms with Crippen LogP contribution >= 0.6 is 11.6 Å². The summed E-state index contributed by atoms with van der Waals surface area (Å²) in [7, 11) is 0. The maximum atomic E-state index is 12.0. The van der Waals surface area contributed by atoms with Crippen molar-refractivity contribution in [2.45, 2.75) is 13.8 Å². The largest absolute Gasteiger partial charge is 0.466 e. The molecule has 0 unspecified atom stereocenters. The Kier molecular flexibility index (Phi) is 3.73. The molecule has 3 aromatic rings. The van der Waals surface area contributed by atoms with E-state index in [1.807, 2.05) is 19.9 Å². The molecule has 1 N–H and O–H groups in total. The van der Waals surface area contributed by atoms with E-state index in [9.17, 15) is 4.79 Å². The topological polar surface area (TPSA) is 67.7 Å². The predicted molar refractivity (Wildman–Crippen MR) is 84.5 cm³/mol. The zero-order chi connectivity index (χ0) is 15.7. The van der Waals surface area contributed by atoms with Crippen molar-refractivity contribution in [2.75, 3.05) is 0 Å². The van der Waals surface area contributed by atoms with Crippen LogP contribution in [0.25, 0.3) is 11.0 Å².